The molecule has 2 amide bonds. The molecule has 3 heterocycles. The summed E-state index contributed by atoms with van der Waals surface area (Å²) in [5, 5.41) is 11.4. The molecular formula is C18H23Cl2N7O. The fourth-order valence-electron chi connectivity index (χ4n) is 3.13. The molecule has 0 saturated carbocycles. The SMILES string of the molecule is Cc1nn(C)c2nc(NNC(=O)NC3=CC(C)(Cl)NC(Cl)=C3)cc(C(C)C)c12. The number of amides is 2. The van der Waals surface area contributed by atoms with Crippen molar-refractivity contribution in [2.45, 2.75) is 38.6 Å². The number of carbonyl (C=O) groups excluding carboxylic acids is 1. The van der Waals surface area contributed by atoms with Crippen LogP contribution in [-0.2, 0) is 7.05 Å². The molecule has 0 aromatic carbocycles. The van der Waals surface area contributed by atoms with Crippen LogP contribution in [0.1, 0.15) is 37.9 Å². The van der Waals surface area contributed by atoms with Gasteiger partial charge >= 0.3 is 6.03 Å². The summed E-state index contributed by atoms with van der Waals surface area (Å²) in [5.41, 5.74) is 8.69. The number of pyridine rings is 1. The molecule has 0 spiro atoms. The van der Waals surface area contributed by atoms with Crippen LogP contribution in [0.3, 0.4) is 0 Å². The quantitative estimate of drug-likeness (QED) is 0.342. The van der Waals surface area contributed by atoms with Crippen molar-refractivity contribution in [3.05, 3.63) is 40.3 Å². The predicted molar refractivity (Wildman–Crippen MR) is 112 cm³/mol. The predicted octanol–water partition coefficient (Wildman–Crippen LogP) is 3.55. The summed E-state index contributed by atoms with van der Waals surface area (Å²) in [6.45, 7) is 7.90. The van der Waals surface area contributed by atoms with E-state index in [4.69, 9.17) is 23.2 Å². The maximum absolute atomic E-state index is 12.2. The zero-order valence-corrected chi connectivity index (χ0v) is 17.8. The van der Waals surface area contributed by atoms with E-state index >= 15 is 0 Å². The Morgan fingerprint density at radius 3 is 2.75 bits per heavy atom. The lowest BCUT2D eigenvalue weighted by molar-refractivity contribution is 0.245. The molecule has 1 aliphatic rings. The first kappa shape index (κ1) is 20.3. The number of hydrogen-bond acceptors (Lipinski definition) is 5. The summed E-state index contributed by atoms with van der Waals surface area (Å²) in [6, 6.07) is 1.44. The van der Waals surface area contributed by atoms with Crippen LogP contribution in [0.2, 0.25) is 0 Å². The lowest BCUT2D eigenvalue weighted by Gasteiger charge is -2.26. The fraction of sp³-hybridized carbons (Fsp3) is 0.389. The first-order valence-electron chi connectivity index (χ1n) is 8.80. The molecular weight excluding hydrogens is 401 g/mol. The number of hydrogen-bond donors (Lipinski definition) is 4. The number of carbonyl (C=O) groups is 1. The minimum Gasteiger partial charge on any atom is -0.354 e. The molecule has 1 unspecified atom stereocenters. The van der Waals surface area contributed by atoms with Crippen LogP contribution < -0.4 is 21.5 Å². The number of anilines is 1. The number of alkyl halides is 1. The van der Waals surface area contributed by atoms with Crippen LogP contribution in [0, 0.1) is 6.92 Å². The normalized spacial score (nSPS) is 19.1. The van der Waals surface area contributed by atoms with E-state index < -0.39 is 11.0 Å². The number of urea groups is 1. The van der Waals surface area contributed by atoms with Gasteiger partial charge in [0.2, 0.25) is 0 Å². The molecule has 2 aromatic heterocycles. The van der Waals surface area contributed by atoms with Gasteiger partial charge in [-0.1, -0.05) is 37.0 Å². The zero-order chi connectivity index (χ0) is 20.6. The average molecular weight is 424 g/mol. The molecule has 1 atom stereocenters. The van der Waals surface area contributed by atoms with Gasteiger partial charge in [-0.15, -0.1) is 0 Å². The summed E-state index contributed by atoms with van der Waals surface area (Å²) < 4.78 is 1.73. The number of aromatic nitrogens is 3. The molecule has 8 nitrogen and oxygen atoms in total. The standard InChI is InChI=1S/C18H23Cl2N7O/c1-9(2)12-7-14(22-16-15(12)10(3)26-27(16)5)24-25-17(28)21-11-6-13(19)23-18(4,20)8-11/h6-9,23H,1-5H3,(H,22,24)(H2,21,25,28). The van der Waals surface area contributed by atoms with E-state index in [-0.39, 0.29) is 5.92 Å². The molecule has 0 fully saturated rings. The average Bonchev–Trinajstić information content (AvgIpc) is 2.84. The smallest absolute Gasteiger partial charge is 0.337 e. The van der Waals surface area contributed by atoms with Gasteiger partial charge < -0.3 is 10.6 Å². The number of halogens is 2. The minimum absolute atomic E-state index is 0.274. The molecule has 2 aromatic rings. The Balaban J connectivity index is 1.76. The van der Waals surface area contributed by atoms with Crippen LogP contribution in [-0.4, -0.2) is 25.8 Å². The second-order valence-electron chi connectivity index (χ2n) is 7.16. The first-order valence-corrected chi connectivity index (χ1v) is 9.56. The van der Waals surface area contributed by atoms with Crippen molar-refractivity contribution >= 4 is 46.1 Å². The topological polar surface area (TPSA) is 95.9 Å². The number of rotatable bonds is 4. The molecule has 3 rings (SSSR count). The van der Waals surface area contributed by atoms with E-state index in [2.05, 4.69) is 45.4 Å². The van der Waals surface area contributed by atoms with E-state index in [1.54, 1.807) is 23.8 Å². The number of fused-ring (bicyclic) bond motifs is 1. The van der Waals surface area contributed by atoms with E-state index in [1.165, 1.54) is 0 Å². The van der Waals surface area contributed by atoms with Crippen molar-refractivity contribution in [3.63, 3.8) is 0 Å². The third kappa shape index (κ3) is 4.34. The first-order chi connectivity index (χ1) is 13.1. The monoisotopic (exact) mass is 423 g/mol. The highest BCUT2D eigenvalue weighted by Crippen LogP contribution is 2.29. The van der Waals surface area contributed by atoms with Crippen molar-refractivity contribution < 1.29 is 4.79 Å². The van der Waals surface area contributed by atoms with Crippen molar-refractivity contribution in [1.29, 1.82) is 0 Å². The van der Waals surface area contributed by atoms with Gasteiger partial charge in [0, 0.05) is 18.1 Å². The van der Waals surface area contributed by atoms with Gasteiger partial charge in [-0.25, -0.2) is 9.78 Å². The molecule has 150 valence electrons. The largest absolute Gasteiger partial charge is 0.354 e. The zero-order valence-electron chi connectivity index (χ0n) is 16.3. The molecule has 10 heteroatoms. The van der Waals surface area contributed by atoms with Crippen LogP contribution in [0.15, 0.2) is 29.1 Å². The second-order valence-corrected chi connectivity index (χ2v) is 8.35. The molecule has 0 radical (unpaired) electrons. The number of allylic oxidation sites excluding steroid dienone is 1. The van der Waals surface area contributed by atoms with Crippen LogP contribution in [0.4, 0.5) is 10.6 Å². The van der Waals surface area contributed by atoms with Crippen LogP contribution >= 0.6 is 23.2 Å². The Hall–Kier alpha value is -2.45. The summed E-state index contributed by atoms with van der Waals surface area (Å²) in [4.78, 5) is 15.9. The van der Waals surface area contributed by atoms with Gasteiger partial charge in [-0.05, 0) is 43.5 Å². The minimum atomic E-state index is -0.877. The Labute approximate surface area is 173 Å². The second kappa shape index (κ2) is 7.52. The van der Waals surface area contributed by atoms with E-state index in [9.17, 15) is 4.79 Å². The van der Waals surface area contributed by atoms with Crippen LogP contribution in [0.5, 0.6) is 0 Å². The number of dihydropyridines is 1. The molecule has 4 N–H and O–H groups in total. The van der Waals surface area contributed by atoms with E-state index in [0.717, 1.165) is 22.3 Å². The molecule has 1 aliphatic heterocycles. The maximum Gasteiger partial charge on any atom is 0.337 e. The Bertz CT molecular complexity index is 991. The van der Waals surface area contributed by atoms with Crippen molar-refractivity contribution in [1.82, 2.24) is 30.8 Å². The summed E-state index contributed by atoms with van der Waals surface area (Å²) in [6.07, 6.45) is 3.23. The summed E-state index contributed by atoms with van der Waals surface area (Å²) in [7, 11) is 1.85. The molecule has 0 aliphatic carbocycles. The highest BCUT2D eigenvalue weighted by atomic mass is 35.5. The van der Waals surface area contributed by atoms with Gasteiger partial charge in [-0.2, -0.15) is 5.10 Å². The Kier molecular flexibility index (Phi) is 5.45. The number of hydrazine groups is 1. The lowest BCUT2D eigenvalue weighted by Crippen LogP contribution is -2.42. The van der Waals surface area contributed by atoms with Gasteiger partial charge in [0.05, 0.1) is 5.69 Å². The maximum atomic E-state index is 12.2. The third-order valence-corrected chi connectivity index (χ3v) is 4.66. The highest BCUT2D eigenvalue weighted by Gasteiger charge is 2.23. The fourth-order valence-corrected chi connectivity index (χ4v) is 3.71. The number of nitrogens with zero attached hydrogens (tertiary/aromatic N) is 3. The van der Waals surface area contributed by atoms with E-state index in [1.807, 2.05) is 20.0 Å². The Morgan fingerprint density at radius 1 is 1.39 bits per heavy atom. The van der Waals surface area contributed by atoms with Crippen molar-refractivity contribution in [2.75, 3.05) is 5.43 Å². The molecule has 0 bridgehead atoms. The lowest BCUT2D eigenvalue weighted by atomic mass is 10.00. The van der Waals surface area contributed by atoms with E-state index in [0.29, 0.717) is 16.7 Å². The third-order valence-electron chi connectivity index (χ3n) is 4.26. The molecule has 0 saturated heterocycles. The van der Waals surface area contributed by atoms with Gasteiger partial charge in [0.25, 0.3) is 0 Å². The number of nitrogens with one attached hydrogen (secondary N) is 4. The van der Waals surface area contributed by atoms with Gasteiger partial charge in [0.1, 0.15) is 16.0 Å². The summed E-state index contributed by atoms with van der Waals surface area (Å²) in [5.74, 6) is 0.792. The number of aryl methyl sites for hydroxylation is 2. The van der Waals surface area contributed by atoms with Crippen molar-refractivity contribution in [2.24, 2.45) is 7.05 Å². The van der Waals surface area contributed by atoms with Gasteiger partial charge in [-0.3, -0.25) is 15.5 Å². The Morgan fingerprint density at radius 2 is 2.11 bits per heavy atom. The highest BCUT2D eigenvalue weighted by molar-refractivity contribution is 6.31. The van der Waals surface area contributed by atoms with Crippen LogP contribution in [0.25, 0.3) is 11.0 Å². The van der Waals surface area contributed by atoms with Gasteiger partial charge in [0.15, 0.2) is 5.65 Å². The molecule has 28 heavy (non-hydrogen) atoms. The van der Waals surface area contributed by atoms with Crippen molar-refractivity contribution in [3.8, 4) is 0 Å². The summed E-state index contributed by atoms with van der Waals surface area (Å²) >= 11 is 12.2.